The fraction of sp³-hybridized carbons (Fsp3) is 0.500. The Balaban J connectivity index is -0.00000000750. The predicted octanol–water partition coefficient (Wildman–Crippen LogP) is -5.32. The standard InChI is InChI=1S/C4H8.2ClH.2Mg/c1-3-4-2;;;;/h1-4H2;2*1H;;/q-2;;;2*+2/p-2. The van der Waals surface area contributed by atoms with Gasteiger partial charge in [0, 0.05) is 0 Å². The van der Waals surface area contributed by atoms with Crippen molar-refractivity contribution in [2.75, 3.05) is 0 Å². The summed E-state index contributed by atoms with van der Waals surface area (Å²) in [7, 11) is 0. The molecular formula is C4H8Cl2Mg2. The van der Waals surface area contributed by atoms with Crippen molar-refractivity contribution in [2.45, 2.75) is 12.8 Å². The molecular weight excluding hydrogens is 168 g/mol. The first kappa shape index (κ1) is 32.1. The van der Waals surface area contributed by atoms with Crippen LogP contribution in [0.15, 0.2) is 0 Å². The van der Waals surface area contributed by atoms with Crippen molar-refractivity contribution >= 4 is 46.1 Å². The SMILES string of the molecule is [CH2-]CC[CH2-].[Cl-].[Cl-].[Mg+2].[Mg+2]. The van der Waals surface area contributed by atoms with Crippen LogP contribution in [0.5, 0.6) is 0 Å². The molecule has 0 atom stereocenters. The molecule has 0 N–H and O–H groups in total. The van der Waals surface area contributed by atoms with Gasteiger partial charge in [0.25, 0.3) is 0 Å². The quantitative estimate of drug-likeness (QED) is 0.276. The van der Waals surface area contributed by atoms with E-state index in [-0.39, 0.29) is 70.9 Å². The first-order valence-electron chi connectivity index (χ1n) is 1.50. The predicted molar refractivity (Wildman–Crippen MR) is 31.5 cm³/mol. The van der Waals surface area contributed by atoms with Crippen molar-refractivity contribution in [3.63, 3.8) is 0 Å². The third-order valence-corrected chi connectivity index (χ3v) is 0.250. The van der Waals surface area contributed by atoms with Crippen LogP contribution in [0.2, 0.25) is 0 Å². The Labute approximate surface area is 96.7 Å². The summed E-state index contributed by atoms with van der Waals surface area (Å²) in [5.74, 6) is 0. The van der Waals surface area contributed by atoms with Gasteiger partial charge in [-0.05, 0) is 0 Å². The van der Waals surface area contributed by atoms with Crippen LogP contribution in [0.3, 0.4) is 0 Å². The fourth-order valence-corrected chi connectivity index (χ4v) is 0. The number of hydrogen-bond donors (Lipinski definition) is 0. The second kappa shape index (κ2) is 35.5. The van der Waals surface area contributed by atoms with E-state index in [1.807, 2.05) is 0 Å². The average Bonchev–Trinajstić information content (AvgIpc) is 1.37. The maximum Gasteiger partial charge on any atom is 2.00 e. The molecule has 0 spiro atoms. The van der Waals surface area contributed by atoms with Gasteiger partial charge in [-0.25, -0.2) is 12.8 Å². The summed E-state index contributed by atoms with van der Waals surface area (Å²) in [5.41, 5.74) is 0. The Morgan fingerprint density at radius 3 is 0.875 bits per heavy atom. The molecule has 4 heteroatoms. The van der Waals surface area contributed by atoms with Gasteiger partial charge in [-0.2, -0.15) is 0 Å². The summed E-state index contributed by atoms with van der Waals surface area (Å²) in [4.78, 5) is 0. The van der Waals surface area contributed by atoms with Gasteiger partial charge >= 0.3 is 46.1 Å². The molecule has 0 fully saturated rings. The van der Waals surface area contributed by atoms with E-state index in [4.69, 9.17) is 0 Å². The van der Waals surface area contributed by atoms with Crippen molar-refractivity contribution in [2.24, 2.45) is 0 Å². The molecule has 0 aromatic heterocycles. The maximum atomic E-state index is 3.54. The summed E-state index contributed by atoms with van der Waals surface area (Å²) < 4.78 is 0. The molecule has 0 bridgehead atoms. The van der Waals surface area contributed by atoms with Crippen molar-refractivity contribution < 1.29 is 24.8 Å². The molecule has 0 aromatic carbocycles. The number of halogens is 2. The van der Waals surface area contributed by atoms with E-state index in [1.54, 1.807) is 0 Å². The summed E-state index contributed by atoms with van der Waals surface area (Å²) in [6.07, 6.45) is 1.92. The molecule has 42 valence electrons. The van der Waals surface area contributed by atoms with Crippen LogP contribution in [0.4, 0.5) is 0 Å². The summed E-state index contributed by atoms with van der Waals surface area (Å²) >= 11 is 0. The summed E-state index contributed by atoms with van der Waals surface area (Å²) in [6.45, 7) is 7.08. The van der Waals surface area contributed by atoms with Crippen LogP contribution in [-0.2, 0) is 0 Å². The molecule has 0 aliphatic rings. The smallest absolute Gasteiger partial charge is 1.00 e. The van der Waals surface area contributed by atoms with Crippen molar-refractivity contribution in [1.82, 2.24) is 0 Å². The second-order valence-corrected chi connectivity index (χ2v) is 0.707. The molecule has 0 amide bonds. The van der Waals surface area contributed by atoms with Gasteiger partial charge in [0.15, 0.2) is 0 Å². The molecule has 0 heterocycles. The normalized spacial score (nSPS) is 3.75. The minimum atomic E-state index is 0. The van der Waals surface area contributed by atoms with E-state index in [1.165, 1.54) is 0 Å². The fourth-order valence-electron chi connectivity index (χ4n) is 0. The Morgan fingerprint density at radius 2 is 0.875 bits per heavy atom. The molecule has 0 nitrogen and oxygen atoms in total. The van der Waals surface area contributed by atoms with Crippen LogP contribution in [0.25, 0.3) is 0 Å². The Morgan fingerprint density at radius 1 is 0.750 bits per heavy atom. The zero-order chi connectivity index (χ0) is 3.41. The van der Waals surface area contributed by atoms with Crippen LogP contribution < -0.4 is 24.8 Å². The van der Waals surface area contributed by atoms with E-state index in [0.29, 0.717) is 0 Å². The van der Waals surface area contributed by atoms with Crippen LogP contribution in [0.1, 0.15) is 12.8 Å². The van der Waals surface area contributed by atoms with Crippen LogP contribution >= 0.6 is 0 Å². The van der Waals surface area contributed by atoms with Gasteiger partial charge in [-0.1, -0.05) is 0 Å². The molecule has 0 aliphatic carbocycles. The topological polar surface area (TPSA) is 0 Å². The zero-order valence-electron chi connectivity index (χ0n) is 5.00. The van der Waals surface area contributed by atoms with Gasteiger partial charge in [-0.15, -0.1) is 0 Å². The van der Waals surface area contributed by atoms with Crippen LogP contribution in [0, 0.1) is 13.8 Å². The van der Waals surface area contributed by atoms with Crippen molar-refractivity contribution in [3.8, 4) is 0 Å². The monoisotopic (exact) mass is 174 g/mol. The molecule has 0 rings (SSSR count). The van der Waals surface area contributed by atoms with E-state index in [2.05, 4.69) is 13.8 Å². The van der Waals surface area contributed by atoms with Gasteiger partial charge in [0.1, 0.15) is 0 Å². The minimum Gasteiger partial charge on any atom is -1.00 e. The molecule has 0 saturated heterocycles. The van der Waals surface area contributed by atoms with E-state index in [9.17, 15) is 0 Å². The first-order valence-corrected chi connectivity index (χ1v) is 1.50. The van der Waals surface area contributed by atoms with Gasteiger partial charge in [0.05, 0.1) is 0 Å². The van der Waals surface area contributed by atoms with E-state index < -0.39 is 0 Å². The van der Waals surface area contributed by atoms with Crippen molar-refractivity contribution in [3.05, 3.63) is 13.8 Å². The first-order chi connectivity index (χ1) is 1.91. The third-order valence-electron chi connectivity index (χ3n) is 0.250. The number of hydrogen-bond acceptors (Lipinski definition) is 0. The second-order valence-electron chi connectivity index (χ2n) is 0.707. The largest absolute Gasteiger partial charge is 2.00 e. The molecule has 8 heavy (non-hydrogen) atoms. The third kappa shape index (κ3) is 42.4. The van der Waals surface area contributed by atoms with Crippen molar-refractivity contribution in [1.29, 1.82) is 0 Å². The van der Waals surface area contributed by atoms with Gasteiger partial charge in [0.2, 0.25) is 0 Å². The van der Waals surface area contributed by atoms with Crippen LogP contribution in [-0.4, -0.2) is 46.1 Å². The number of rotatable bonds is 1. The van der Waals surface area contributed by atoms with Gasteiger partial charge < -0.3 is 38.7 Å². The molecule has 0 radical (unpaired) electrons. The zero-order valence-corrected chi connectivity index (χ0v) is 9.34. The molecule has 0 unspecified atom stereocenters. The van der Waals surface area contributed by atoms with E-state index in [0.717, 1.165) is 12.8 Å². The Hall–Kier alpha value is 2.11. The minimum absolute atomic E-state index is 0. The summed E-state index contributed by atoms with van der Waals surface area (Å²) in [5, 5.41) is 0. The number of unbranched alkanes of at least 4 members (excludes halogenated alkanes) is 1. The summed E-state index contributed by atoms with van der Waals surface area (Å²) in [6, 6.07) is 0. The molecule has 0 saturated carbocycles. The maximum absolute atomic E-state index is 3.54. The Kier molecular flexibility index (Phi) is 142. The molecule has 0 aromatic rings. The Bertz CT molecular complexity index is 14.0. The van der Waals surface area contributed by atoms with E-state index >= 15 is 0 Å². The van der Waals surface area contributed by atoms with Gasteiger partial charge in [-0.3, -0.25) is 0 Å². The average molecular weight is 176 g/mol. The molecule has 0 aliphatic heterocycles.